The fraction of sp³-hybridized carbons (Fsp3) is 0.855. The highest BCUT2D eigenvalue weighted by Crippen LogP contribution is 2.40. The van der Waals surface area contributed by atoms with E-state index in [1.807, 2.05) is 0 Å². The molecule has 12 N–H and O–H groups in total. The van der Waals surface area contributed by atoms with Crippen LogP contribution in [0.2, 0.25) is 0 Å². The van der Waals surface area contributed by atoms with Gasteiger partial charge in [-0.1, -0.05) is 28.5 Å². The van der Waals surface area contributed by atoms with Crippen molar-refractivity contribution in [3.63, 3.8) is 0 Å². The number of fused-ring (bicyclic) bond motifs is 6. The maximum absolute atomic E-state index is 14.1. The number of aromatic nitrogens is 9. The number of amides is 5. The lowest BCUT2D eigenvalue weighted by molar-refractivity contribution is -0.238. The maximum atomic E-state index is 14.1. The van der Waals surface area contributed by atoms with Crippen LogP contribution in [-0.2, 0) is 163 Å². The second kappa shape index (κ2) is 54.1. The van der Waals surface area contributed by atoms with Crippen molar-refractivity contribution in [2.45, 2.75) is 208 Å². The van der Waals surface area contributed by atoms with E-state index in [9.17, 15) is 54.6 Å². The van der Waals surface area contributed by atoms with Gasteiger partial charge in [0.2, 0.25) is 29.5 Å². The van der Waals surface area contributed by atoms with E-state index in [4.69, 9.17) is 105 Å². The van der Waals surface area contributed by atoms with E-state index in [1.165, 1.54) is 20.8 Å². The molecule has 47 heteroatoms. The van der Waals surface area contributed by atoms with Crippen LogP contribution >= 0.6 is 0 Å². The van der Waals surface area contributed by atoms with E-state index in [0.717, 1.165) is 6.42 Å². The first-order chi connectivity index (χ1) is 59.6. The van der Waals surface area contributed by atoms with Gasteiger partial charge in [-0.3, -0.25) is 24.0 Å². The lowest BCUT2D eigenvalue weighted by Gasteiger charge is -2.42. The van der Waals surface area contributed by atoms with Crippen molar-refractivity contribution in [2.75, 3.05) is 211 Å². The van der Waals surface area contributed by atoms with Gasteiger partial charge in [0.25, 0.3) is 0 Å². The van der Waals surface area contributed by atoms with Gasteiger partial charge in [0.15, 0.2) is 18.9 Å². The number of ether oxygens (including phenoxy) is 21. The number of carbonyl (C=O) groups excluding carboxylic acids is 5. The first-order valence-electron chi connectivity index (χ1n) is 41.9. The highest BCUT2D eigenvalue weighted by Gasteiger charge is 2.62. The minimum absolute atomic E-state index is 0.0170. The summed E-state index contributed by atoms with van der Waals surface area (Å²) in [4.78, 5) is 61.3. The summed E-state index contributed by atoms with van der Waals surface area (Å²) >= 11 is 0. The molecule has 6 saturated heterocycles. The monoisotopic (exact) mass is 1760 g/mol. The Labute approximate surface area is 712 Å². The number of aliphatic hydroxyl groups excluding tert-OH is 7. The Morgan fingerprint density at radius 1 is 0.398 bits per heavy atom. The molecule has 9 rings (SSSR count). The van der Waals surface area contributed by atoms with Gasteiger partial charge in [0.05, 0.1) is 256 Å². The predicted octanol–water partition coefficient (Wildman–Crippen LogP) is -6.25. The molecule has 6 aliphatic heterocycles. The van der Waals surface area contributed by atoms with Gasteiger partial charge in [0, 0.05) is 46.8 Å². The van der Waals surface area contributed by atoms with E-state index in [2.05, 4.69) is 57.5 Å². The molecule has 6 aliphatic rings. The minimum Gasteiger partial charge on any atom is -0.396 e. The molecular formula is C76H128N14O33. The molecule has 0 aromatic carbocycles. The molecule has 123 heavy (non-hydrogen) atoms. The number of hydrogen-bond donors (Lipinski definition) is 12. The van der Waals surface area contributed by atoms with E-state index in [-0.39, 0.29) is 164 Å². The van der Waals surface area contributed by atoms with Gasteiger partial charge >= 0.3 is 0 Å². The molecule has 9 heterocycles. The second-order valence-corrected chi connectivity index (χ2v) is 30.7. The van der Waals surface area contributed by atoms with Crippen LogP contribution in [0.5, 0.6) is 0 Å². The molecule has 3 aromatic heterocycles. The second-order valence-electron chi connectivity index (χ2n) is 30.7. The molecule has 0 spiro atoms. The van der Waals surface area contributed by atoms with E-state index >= 15 is 0 Å². The van der Waals surface area contributed by atoms with Crippen molar-refractivity contribution in [1.82, 2.24) is 71.6 Å². The van der Waals surface area contributed by atoms with Crippen LogP contribution in [0.25, 0.3) is 0 Å². The van der Waals surface area contributed by atoms with Crippen LogP contribution in [-0.4, -0.2) is 418 Å². The molecule has 3 aromatic rings. The third-order valence-electron chi connectivity index (χ3n) is 20.5. The summed E-state index contributed by atoms with van der Waals surface area (Å²) in [6.07, 6.45) is -1.12. The average molecular weight is 1770 g/mol. The van der Waals surface area contributed by atoms with Crippen LogP contribution in [0, 0.1) is 0 Å². The van der Waals surface area contributed by atoms with Crippen LogP contribution < -0.4 is 26.6 Å². The molecule has 0 aliphatic carbocycles. The lowest BCUT2D eigenvalue weighted by Crippen LogP contribution is -2.66. The topological polar surface area (TPSA) is 573 Å². The number of hydrogen-bond acceptors (Lipinski definition) is 39. The number of nitrogens with zero attached hydrogens (tertiary/aromatic N) is 9. The van der Waals surface area contributed by atoms with E-state index in [0.29, 0.717) is 161 Å². The SMILES string of the molecule is CC(=O)N[C@H]1[C@H]2OC[C@](COCCOCCOCCOCCn3cc(COCC(COCc4cn(CCOCCOCCOCCOC[C@@]56CO[C@@H](O5)[C@H](NC(C)=O)[C@@H](O)[C@H]6O)nn4)(COCc4cn(CCOCCOCCOCCOC[C@@]56CO[C@@H](O5)[C@H](NC(C)=O)[C@@H](O)[C@H]6O)nn4)NC(=O)CCCCCNC(=O)CCCCCO)nn3)(O2)[C@H](O)[C@@H]1O. The molecule has 0 unspecified atom stereocenters. The van der Waals surface area contributed by atoms with Gasteiger partial charge in [-0.15, -0.1) is 15.3 Å². The van der Waals surface area contributed by atoms with Crippen molar-refractivity contribution < 1.29 is 159 Å². The summed E-state index contributed by atoms with van der Waals surface area (Å²) < 4.78 is 127. The fourth-order valence-electron chi connectivity index (χ4n) is 14.1. The first-order valence-corrected chi connectivity index (χ1v) is 41.9. The Kier molecular flexibility index (Phi) is 44.2. The molecule has 0 saturated carbocycles. The predicted molar refractivity (Wildman–Crippen MR) is 416 cm³/mol. The molecule has 47 nitrogen and oxygen atoms in total. The van der Waals surface area contributed by atoms with Gasteiger partial charge in [0.1, 0.15) is 94.2 Å². The Morgan fingerprint density at radius 3 is 1.00 bits per heavy atom. The smallest absolute Gasteiger partial charge is 0.220 e. The average Bonchev–Trinajstić information content (AvgIpc) is 1.62. The zero-order chi connectivity index (χ0) is 87.6. The normalized spacial score (nSPS) is 25.9. The summed E-state index contributed by atoms with van der Waals surface area (Å²) in [7, 11) is 0. The molecule has 700 valence electrons. The highest BCUT2D eigenvalue weighted by atomic mass is 16.8. The van der Waals surface area contributed by atoms with Crippen LogP contribution in [0.15, 0.2) is 18.6 Å². The van der Waals surface area contributed by atoms with Crippen molar-refractivity contribution >= 4 is 29.5 Å². The lowest BCUT2D eigenvalue weighted by atomic mass is 9.88. The number of nitrogens with one attached hydrogen (secondary N) is 5. The largest absolute Gasteiger partial charge is 0.396 e. The Bertz CT molecular complexity index is 3200. The van der Waals surface area contributed by atoms with Crippen molar-refractivity contribution in [3.05, 3.63) is 35.7 Å². The van der Waals surface area contributed by atoms with E-state index in [1.54, 1.807) is 32.6 Å². The van der Waals surface area contributed by atoms with E-state index < -0.39 is 114 Å². The highest BCUT2D eigenvalue weighted by molar-refractivity contribution is 5.77. The molecular weight excluding hydrogens is 1640 g/mol. The molecule has 5 amide bonds. The summed E-state index contributed by atoms with van der Waals surface area (Å²) in [6.45, 7) is 10.5. The van der Waals surface area contributed by atoms with Gasteiger partial charge in [-0.25, -0.2) is 14.0 Å². The molecule has 6 fully saturated rings. The van der Waals surface area contributed by atoms with Crippen LogP contribution in [0.3, 0.4) is 0 Å². The van der Waals surface area contributed by atoms with Crippen molar-refractivity contribution in [3.8, 4) is 0 Å². The number of rotatable bonds is 69. The fourth-order valence-corrected chi connectivity index (χ4v) is 14.1. The minimum atomic E-state index is -1.35. The van der Waals surface area contributed by atoms with Gasteiger partial charge in [-0.05, 0) is 25.7 Å². The molecule has 0 radical (unpaired) electrons. The van der Waals surface area contributed by atoms with Gasteiger partial charge in [-0.2, -0.15) is 0 Å². The third kappa shape index (κ3) is 33.3. The number of carbonyl (C=O) groups is 5. The molecule has 6 bridgehead atoms. The standard InChI is InChI=1S/C76H128N14O33/c1-53(92)78-61-64(97)67(100)74(50-118-70(61)121-74)47-112-35-32-109-29-26-106-23-20-103-17-13-88-38-56(82-85-88)41-115-44-73(81-60(96)11-6-4-8-12-77-59(95)10-7-5-9-16-91,45-116-42-57-39-89(86-83-57)14-18-104-21-24-107-27-30-110-33-36-113-48-75-51-119-71(122-75)62(79-54(2)93)65(98)68(75)101)46-117-43-58-40-90(87-84-58)15-19-105-22-25-108-28-31-111-34-37-114-49-76-52-120-72(123-76)63(80-55(3)94)66(99)69(76)102/h38-40,61-72,91,97-102H,4-37,41-52H2,1-3H3,(H,77,95)(H,78,92)(H,79,93)(H,80,94)(H,81,96)/t61-,62-,63-,64-,65-,66-,67-,68-,69-,70+,71+,72+,74+,75+,76+/m1/s1. The van der Waals surface area contributed by atoms with Gasteiger partial charge < -0.3 is 162 Å². The number of aliphatic hydroxyl groups is 7. The zero-order valence-electron chi connectivity index (χ0n) is 70.5. The molecule has 15 atom stereocenters. The van der Waals surface area contributed by atoms with Crippen molar-refractivity contribution in [1.29, 1.82) is 0 Å². The maximum Gasteiger partial charge on any atom is 0.220 e. The Hall–Kier alpha value is -6.35. The summed E-state index contributed by atoms with van der Waals surface area (Å²) in [5.41, 5.74) is -3.67. The number of unbranched alkanes of at least 4 members (excludes halogenated alkanes) is 4. The summed E-state index contributed by atoms with van der Waals surface area (Å²) in [5.74, 6) is -1.54. The third-order valence-corrected chi connectivity index (χ3v) is 20.5. The zero-order valence-corrected chi connectivity index (χ0v) is 70.5. The van der Waals surface area contributed by atoms with Crippen LogP contribution in [0.4, 0.5) is 0 Å². The summed E-state index contributed by atoms with van der Waals surface area (Å²) in [6, 6.07) is -2.73. The van der Waals surface area contributed by atoms with Crippen LogP contribution in [0.1, 0.15) is 89.2 Å². The first kappa shape index (κ1) is 100. The summed E-state index contributed by atoms with van der Waals surface area (Å²) in [5, 5.41) is 113. The quantitative estimate of drug-likeness (QED) is 0.0234. The van der Waals surface area contributed by atoms with Crippen molar-refractivity contribution in [2.24, 2.45) is 0 Å². The Morgan fingerprint density at radius 2 is 0.691 bits per heavy atom. The Balaban J connectivity index is 0.695.